The Kier molecular flexibility index (Phi) is 4.08. The number of carbonyl (C=O) groups is 1. The lowest BCUT2D eigenvalue weighted by molar-refractivity contribution is 0.0527. The number of carbonyl (C=O) groups excluding carboxylic acids is 1. The fraction of sp³-hybridized carbons (Fsp3) is 0.400. The van der Waals surface area contributed by atoms with Crippen LogP contribution < -0.4 is 5.73 Å². The van der Waals surface area contributed by atoms with Crippen molar-refractivity contribution in [2.45, 2.75) is 20.3 Å². The molecule has 0 aromatic carbocycles. The molecule has 15 heavy (non-hydrogen) atoms. The van der Waals surface area contributed by atoms with E-state index in [1.165, 1.54) is 0 Å². The maximum atomic E-state index is 11.5. The summed E-state index contributed by atoms with van der Waals surface area (Å²) in [5.74, 6) is -0.223. The summed E-state index contributed by atoms with van der Waals surface area (Å²) in [5, 5.41) is 0. The van der Waals surface area contributed by atoms with Gasteiger partial charge in [0.15, 0.2) is 0 Å². The number of esters is 1. The van der Waals surface area contributed by atoms with E-state index < -0.39 is 5.97 Å². The number of nitrogens with two attached hydrogens (primary N) is 1. The molecule has 0 aliphatic rings. The zero-order valence-electron chi connectivity index (χ0n) is 8.71. The first-order valence-corrected chi connectivity index (χ1v) is 5.51. The molecule has 0 spiro atoms. The van der Waals surface area contributed by atoms with Gasteiger partial charge in [0.25, 0.3) is 0 Å². The van der Waals surface area contributed by atoms with Crippen molar-refractivity contribution in [3.05, 3.63) is 21.8 Å². The van der Waals surface area contributed by atoms with E-state index in [-0.39, 0.29) is 5.82 Å². The summed E-state index contributed by atoms with van der Waals surface area (Å²) in [6, 6.07) is 1.65. The average molecular weight is 273 g/mol. The smallest absolute Gasteiger partial charge is 0.341 e. The molecular formula is C10H13BrN2O2. The zero-order valence-corrected chi connectivity index (χ0v) is 10.3. The van der Waals surface area contributed by atoms with Crippen molar-refractivity contribution in [2.24, 2.45) is 0 Å². The van der Waals surface area contributed by atoms with E-state index in [1.807, 2.05) is 6.92 Å². The van der Waals surface area contributed by atoms with Crippen LogP contribution in [-0.2, 0) is 11.2 Å². The van der Waals surface area contributed by atoms with Gasteiger partial charge in [0.1, 0.15) is 11.4 Å². The van der Waals surface area contributed by atoms with Crippen LogP contribution in [0.4, 0.5) is 5.82 Å². The molecule has 0 radical (unpaired) electrons. The molecule has 1 heterocycles. The lowest BCUT2D eigenvalue weighted by Crippen LogP contribution is -2.10. The Labute approximate surface area is 97.0 Å². The molecule has 0 fully saturated rings. The van der Waals surface area contributed by atoms with Crippen molar-refractivity contribution >= 4 is 27.7 Å². The van der Waals surface area contributed by atoms with Crippen LogP contribution in [-0.4, -0.2) is 17.6 Å². The summed E-state index contributed by atoms with van der Waals surface area (Å²) in [4.78, 5) is 15.6. The standard InChI is InChI=1S/C10H13BrN2O2/c1-3-8-7(11)5-6(9(12)13-8)10(14)15-4-2/h5H,3-4H2,1-2H3,(H2,12,13). The Morgan fingerprint density at radius 3 is 2.80 bits per heavy atom. The molecule has 0 aliphatic carbocycles. The number of aromatic nitrogens is 1. The van der Waals surface area contributed by atoms with Gasteiger partial charge in [-0.15, -0.1) is 0 Å². The maximum Gasteiger partial charge on any atom is 0.341 e. The molecule has 2 N–H and O–H groups in total. The molecular weight excluding hydrogens is 260 g/mol. The Hall–Kier alpha value is -1.10. The lowest BCUT2D eigenvalue weighted by Gasteiger charge is -2.07. The summed E-state index contributed by atoms with van der Waals surface area (Å²) < 4.78 is 5.64. The lowest BCUT2D eigenvalue weighted by atomic mass is 10.2. The van der Waals surface area contributed by atoms with Crippen LogP contribution in [0.5, 0.6) is 0 Å². The van der Waals surface area contributed by atoms with Crippen LogP contribution in [0.1, 0.15) is 29.9 Å². The highest BCUT2D eigenvalue weighted by Crippen LogP contribution is 2.21. The molecule has 82 valence electrons. The van der Waals surface area contributed by atoms with Gasteiger partial charge >= 0.3 is 5.97 Å². The molecule has 1 rings (SSSR count). The van der Waals surface area contributed by atoms with Crippen LogP contribution >= 0.6 is 15.9 Å². The van der Waals surface area contributed by atoms with Crippen molar-refractivity contribution in [2.75, 3.05) is 12.3 Å². The van der Waals surface area contributed by atoms with Crippen molar-refractivity contribution < 1.29 is 9.53 Å². The summed E-state index contributed by atoms with van der Waals surface area (Å²) >= 11 is 3.34. The van der Waals surface area contributed by atoms with Gasteiger partial charge in [0.05, 0.1) is 12.3 Å². The fourth-order valence-electron chi connectivity index (χ4n) is 1.16. The molecule has 1 aromatic heterocycles. The number of nitrogens with zero attached hydrogens (tertiary/aromatic N) is 1. The number of hydrogen-bond acceptors (Lipinski definition) is 4. The van der Waals surface area contributed by atoms with Gasteiger partial charge < -0.3 is 10.5 Å². The van der Waals surface area contributed by atoms with E-state index in [0.717, 1.165) is 16.6 Å². The van der Waals surface area contributed by atoms with Crippen LogP contribution in [0.2, 0.25) is 0 Å². The number of pyridine rings is 1. The van der Waals surface area contributed by atoms with Crippen LogP contribution in [0.15, 0.2) is 10.5 Å². The topological polar surface area (TPSA) is 65.2 Å². The van der Waals surface area contributed by atoms with Crippen molar-refractivity contribution in [1.29, 1.82) is 0 Å². The highest BCUT2D eigenvalue weighted by atomic mass is 79.9. The summed E-state index contributed by atoms with van der Waals surface area (Å²) in [7, 11) is 0. The van der Waals surface area contributed by atoms with E-state index >= 15 is 0 Å². The number of aryl methyl sites for hydroxylation is 1. The molecule has 5 heteroatoms. The van der Waals surface area contributed by atoms with E-state index in [0.29, 0.717) is 12.2 Å². The number of halogens is 1. The first-order valence-electron chi connectivity index (χ1n) is 4.72. The van der Waals surface area contributed by atoms with Crippen molar-refractivity contribution in [1.82, 2.24) is 4.98 Å². The number of nitrogen functional groups attached to an aromatic ring is 1. The summed E-state index contributed by atoms with van der Waals surface area (Å²) in [5.41, 5.74) is 6.80. The Morgan fingerprint density at radius 1 is 1.60 bits per heavy atom. The minimum absolute atomic E-state index is 0.216. The number of rotatable bonds is 3. The second-order valence-corrected chi connectivity index (χ2v) is 3.78. The monoisotopic (exact) mass is 272 g/mol. The average Bonchev–Trinajstić information content (AvgIpc) is 2.21. The minimum atomic E-state index is -0.439. The highest BCUT2D eigenvalue weighted by Gasteiger charge is 2.14. The molecule has 1 aromatic rings. The van der Waals surface area contributed by atoms with Gasteiger partial charge in [-0.1, -0.05) is 6.92 Å². The molecule has 0 bridgehead atoms. The van der Waals surface area contributed by atoms with Gasteiger partial charge in [-0.05, 0) is 35.3 Å². The van der Waals surface area contributed by atoms with Gasteiger partial charge in [-0.2, -0.15) is 0 Å². The molecule has 0 saturated carbocycles. The fourth-order valence-corrected chi connectivity index (χ4v) is 1.76. The van der Waals surface area contributed by atoms with Gasteiger partial charge in [-0.25, -0.2) is 9.78 Å². The molecule has 4 nitrogen and oxygen atoms in total. The van der Waals surface area contributed by atoms with Crippen molar-refractivity contribution in [3.63, 3.8) is 0 Å². The second kappa shape index (κ2) is 5.11. The van der Waals surface area contributed by atoms with E-state index in [2.05, 4.69) is 20.9 Å². The van der Waals surface area contributed by atoms with E-state index in [4.69, 9.17) is 10.5 Å². The first-order chi connectivity index (χ1) is 7.10. The Balaban J connectivity index is 3.10. The number of anilines is 1. The van der Waals surface area contributed by atoms with Gasteiger partial charge in [0, 0.05) is 4.47 Å². The van der Waals surface area contributed by atoms with Crippen LogP contribution in [0.3, 0.4) is 0 Å². The Morgan fingerprint density at radius 2 is 2.27 bits per heavy atom. The third-order valence-electron chi connectivity index (χ3n) is 1.91. The summed E-state index contributed by atoms with van der Waals surface area (Å²) in [6.45, 7) is 4.04. The zero-order chi connectivity index (χ0) is 11.4. The minimum Gasteiger partial charge on any atom is -0.462 e. The predicted molar refractivity (Wildman–Crippen MR) is 61.7 cm³/mol. The Bertz CT molecular complexity index is 380. The first kappa shape index (κ1) is 12.0. The molecule has 0 atom stereocenters. The normalized spacial score (nSPS) is 10.1. The van der Waals surface area contributed by atoms with Gasteiger partial charge in [0.2, 0.25) is 0 Å². The van der Waals surface area contributed by atoms with Gasteiger partial charge in [-0.3, -0.25) is 0 Å². The summed E-state index contributed by atoms with van der Waals surface area (Å²) in [6.07, 6.45) is 0.758. The van der Waals surface area contributed by atoms with E-state index in [1.54, 1.807) is 13.0 Å². The predicted octanol–water partition coefficient (Wildman–Crippen LogP) is 2.17. The SMILES string of the molecule is CCOC(=O)c1cc(Br)c(CC)nc1N. The molecule has 0 saturated heterocycles. The van der Waals surface area contributed by atoms with Crippen LogP contribution in [0, 0.1) is 0 Å². The van der Waals surface area contributed by atoms with Crippen LogP contribution in [0.25, 0.3) is 0 Å². The van der Waals surface area contributed by atoms with E-state index in [9.17, 15) is 4.79 Å². The quantitative estimate of drug-likeness (QED) is 0.857. The molecule has 0 aliphatic heterocycles. The third kappa shape index (κ3) is 2.68. The maximum absolute atomic E-state index is 11.5. The second-order valence-electron chi connectivity index (χ2n) is 2.92. The number of hydrogen-bond donors (Lipinski definition) is 1. The van der Waals surface area contributed by atoms with Crippen molar-refractivity contribution in [3.8, 4) is 0 Å². The highest BCUT2D eigenvalue weighted by molar-refractivity contribution is 9.10. The molecule has 0 unspecified atom stereocenters. The molecule has 0 amide bonds. The third-order valence-corrected chi connectivity index (χ3v) is 2.59. The number of ether oxygens (including phenoxy) is 1. The largest absolute Gasteiger partial charge is 0.462 e.